The van der Waals surface area contributed by atoms with Gasteiger partial charge in [-0.25, -0.2) is 0 Å². The summed E-state index contributed by atoms with van der Waals surface area (Å²) in [6, 6.07) is 5.99. The lowest BCUT2D eigenvalue weighted by Crippen LogP contribution is -2.47. The van der Waals surface area contributed by atoms with E-state index in [0.29, 0.717) is 0 Å². The van der Waals surface area contributed by atoms with E-state index in [1.54, 1.807) is 0 Å². The van der Waals surface area contributed by atoms with Crippen molar-refractivity contribution in [1.29, 1.82) is 0 Å². The quantitative estimate of drug-likeness (QED) is 0.816. The summed E-state index contributed by atoms with van der Waals surface area (Å²) in [5.74, 6) is 0.0393. The summed E-state index contributed by atoms with van der Waals surface area (Å²) in [6.07, 6.45) is 0.990. The van der Waals surface area contributed by atoms with Gasteiger partial charge in [0.15, 0.2) is 0 Å². The molecule has 3 heteroatoms. The SMILES string of the molecule is Cc1ccc(C)c(C(=O)NC2(C)CCNC2)c1. The van der Waals surface area contributed by atoms with Gasteiger partial charge in [0.1, 0.15) is 0 Å². The van der Waals surface area contributed by atoms with E-state index in [0.717, 1.165) is 36.2 Å². The third kappa shape index (κ3) is 2.67. The van der Waals surface area contributed by atoms with Crippen molar-refractivity contribution < 1.29 is 4.79 Å². The van der Waals surface area contributed by atoms with Gasteiger partial charge in [-0.3, -0.25) is 4.79 Å². The maximum Gasteiger partial charge on any atom is 0.252 e. The van der Waals surface area contributed by atoms with Crippen molar-refractivity contribution in [3.63, 3.8) is 0 Å². The van der Waals surface area contributed by atoms with E-state index in [9.17, 15) is 4.79 Å². The highest BCUT2D eigenvalue weighted by atomic mass is 16.1. The van der Waals surface area contributed by atoms with Crippen LogP contribution in [-0.4, -0.2) is 24.5 Å². The Morgan fingerprint density at radius 1 is 1.41 bits per heavy atom. The van der Waals surface area contributed by atoms with Gasteiger partial charge in [-0.2, -0.15) is 0 Å². The minimum atomic E-state index is -0.104. The molecule has 92 valence electrons. The number of benzene rings is 1. The molecule has 0 bridgehead atoms. The third-order valence-corrected chi connectivity index (χ3v) is 3.42. The van der Waals surface area contributed by atoms with Gasteiger partial charge < -0.3 is 10.6 Å². The molecular formula is C14H20N2O. The second-order valence-electron chi connectivity index (χ2n) is 5.26. The topological polar surface area (TPSA) is 41.1 Å². The number of hydrogen-bond acceptors (Lipinski definition) is 2. The molecular weight excluding hydrogens is 212 g/mol. The van der Waals surface area contributed by atoms with Crippen LogP contribution in [0.1, 0.15) is 34.8 Å². The van der Waals surface area contributed by atoms with Crippen molar-refractivity contribution in [3.05, 3.63) is 34.9 Å². The lowest BCUT2D eigenvalue weighted by molar-refractivity contribution is 0.0912. The lowest BCUT2D eigenvalue weighted by atomic mass is 9.99. The van der Waals surface area contributed by atoms with Gasteiger partial charge in [0.2, 0.25) is 0 Å². The van der Waals surface area contributed by atoms with E-state index in [4.69, 9.17) is 0 Å². The number of nitrogens with one attached hydrogen (secondary N) is 2. The van der Waals surface area contributed by atoms with Crippen LogP contribution in [0, 0.1) is 13.8 Å². The van der Waals surface area contributed by atoms with Crippen molar-refractivity contribution in [1.82, 2.24) is 10.6 Å². The summed E-state index contributed by atoms with van der Waals surface area (Å²) in [4.78, 5) is 12.2. The molecule has 0 aromatic heterocycles. The Bertz CT molecular complexity index is 434. The van der Waals surface area contributed by atoms with Crippen LogP contribution < -0.4 is 10.6 Å². The molecule has 0 saturated carbocycles. The largest absolute Gasteiger partial charge is 0.346 e. The van der Waals surface area contributed by atoms with E-state index in [1.165, 1.54) is 0 Å². The van der Waals surface area contributed by atoms with Crippen LogP contribution in [0.2, 0.25) is 0 Å². The van der Waals surface area contributed by atoms with E-state index >= 15 is 0 Å². The number of hydrogen-bond donors (Lipinski definition) is 2. The van der Waals surface area contributed by atoms with Crippen LogP contribution >= 0.6 is 0 Å². The first-order chi connectivity index (χ1) is 8.00. The molecule has 1 aliphatic rings. The minimum absolute atomic E-state index is 0.0393. The van der Waals surface area contributed by atoms with Gasteiger partial charge in [0, 0.05) is 12.1 Å². The fraction of sp³-hybridized carbons (Fsp3) is 0.500. The molecule has 2 rings (SSSR count). The zero-order valence-corrected chi connectivity index (χ0v) is 10.8. The number of aryl methyl sites for hydroxylation is 2. The van der Waals surface area contributed by atoms with Crippen molar-refractivity contribution in [2.75, 3.05) is 13.1 Å². The highest BCUT2D eigenvalue weighted by Crippen LogP contribution is 2.16. The molecule has 1 fully saturated rings. The Morgan fingerprint density at radius 2 is 2.18 bits per heavy atom. The van der Waals surface area contributed by atoms with Crippen molar-refractivity contribution in [2.24, 2.45) is 0 Å². The molecule has 1 aromatic rings. The Balaban J connectivity index is 2.17. The zero-order valence-electron chi connectivity index (χ0n) is 10.8. The maximum absolute atomic E-state index is 12.2. The van der Waals surface area contributed by atoms with E-state index in [-0.39, 0.29) is 11.4 Å². The average molecular weight is 232 g/mol. The molecule has 1 atom stereocenters. The smallest absolute Gasteiger partial charge is 0.252 e. The second-order valence-corrected chi connectivity index (χ2v) is 5.26. The van der Waals surface area contributed by atoms with Crippen LogP contribution in [0.3, 0.4) is 0 Å². The lowest BCUT2D eigenvalue weighted by Gasteiger charge is -2.25. The average Bonchev–Trinajstić information content (AvgIpc) is 2.68. The monoisotopic (exact) mass is 232 g/mol. The normalized spacial score (nSPS) is 23.7. The Labute approximate surface area is 103 Å². The summed E-state index contributed by atoms with van der Waals surface area (Å²) < 4.78 is 0. The number of rotatable bonds is 2. The fourth-order valence-corrected chi connectivity index (χ4v) is 2.25. The van der Waals surface area contributed by atoms with Crippen LogP contribution in [0.25, 0.3) is 0 Å². The molecule has 0 aliphatic carbocycles. The fourth-order valence-electron chi connectivity index (χ4n) is 2.25. The first kappa shape index (κ1) is 12.1. The number of carbonyl (C=O) groups excluding carboxylic acids is 1. The molecule has 3 nitrogen and oxygen atoms in total. The summed E-state index contributed by atoms with van der Waals surface area (Å²) >= 11 is 0. The van der Waals surface area contributed by atoms with Gasteiger partial charge in [-0.15, -0.1) is 0 Å². The Kier molecular flexibility index (Phi) is 3.20. The third-order valence-electron chi connectivity index (χ3n) is 3.42. The minimum Gasteiger partial charge on any atom is -0.346 e. The predicted molar refractivity (Wildman–Crippen MR) is 69.3 cm³/mol. The highest BCUT2D eigenvalue weighted by molar-refractivity contribution is 5.96. The molecule has 1 heterocycles. The summed E-state index contributed by atoms with van der Waals surface area (Å²) in [5, 5.41) is 6.42. The zero-order chi connectivity index (χ0) is 12.5. The predicted octanol–water partition coefficient (Wildman–Crippen LogP) is 1.79. The Morgan fingerprint density at radius 3 is 2.82 bits per heavy atom. The Hall–Kier alpha value is -1.35. The summed E-state index contributed by atoms with van der Waals surface area (Å²) in [7, 11) is 0. The highest BCUT2D eigenvalue weighted by Gasteiger charge is 2.30. The van der Waals surface area contributed by atoms with Crippen LogP contribution in [0.15, 0.2) is 18.2 Å². The van der Waals surface area contributed by atoms with Gasteiger partial charge in [-0.05, 0) is 45.4 Å². The van der Waals surface area contributed by atoms with Gasteiger partial charge >= 0.3 is 0 Å². The van der Waals surface area contributed by atoms with Crippen LogP contribution in [0.5, 0.6) is 0 Å². The van der Waals surface area contributed by atoms with Crippen LogP contribution in [0.4, 0.5) is 0 Å². The van der Waals surface area contributed by atoms with Gasteiger partial charge in [0.05, 0.1) is 5.54 Å². The standard InChI is InChI=1S/C14H20N2O/c1-10-4-5-11(2)12(8-10)13(17)16-14(3)6-7-15-9-14/h4-5,8,15H,6-7,9H2,1-3H3,(H,16,17). The number of amides is 1. The molecule has 1 unspecified atom stereocenters. The molecule has 1 aromatic carbocycles. The summed E-state index contributed by atoms with van der Waals surface area (Å²) in [5.41, 5.74) is 2.84. The molecule has 1 aliphatic heterocycles. The molecule has 17 heavy (non-hydrogen) atoms. The van der Waals surface area contributed by atoms with E-state index in [2.05, 4.69) is 17.6 Å². The van der Waals surface area contributed by atoms with E-state index < -0.39 is 0 Å². The van der Waals surface area contributed by atoms with Crippen LogP contribution in [-0.2, 0) is 0 Å². The van der Waals surface area contributed by atoms with Gasteiger partial charge in [-0.1, -0.05) is 17.7 Å². The summed E-state index contributed by atoms with van der Waals surface area (Å²) in [6.45, 7) is 7.90. The first-order valence-electron chi connectivity index (χ1n) is 6.11. The molecule has 0 spiro atoms. The van der Waals surface area contributed by atoms with Crippen molar-refractivity contribution in [3.8, 4) is 0 Å². The maximum atomic E-state index is 12.2. The molecule has 0 radical (unpaired) electrons. The van der Waals surface area contributed by atoms with Crippen molar-refractivity contribution in [2.45, 2.75) is 32.7 Å². The van der Waals surface area contributed by atoms with Gasteiger partial charge in [0.25, 0.3) is 5.91 Å². The first-order valence-corrected chi connectivity index (χ1v) is 6.11. The number of carbonyl (C=O) groups is 1. The molecule has 1 amide bonds. The molecule has 2 N–H and O–H groups in total. The van der Waals surface area contributed by atoms with E-state index in [1.807, 2.05) is 32.0 Å². The van der Waals surface area contributed by atoms with Crippen molar-refractivity contribution >= 4 is 5.91 Å². The molecule has 1 saturated heterocycles. The second kappa shape index (κ2) is 4.49.